The number of piperazine rings is 1. The van der Waals surface area contributed by atoms with Crippen LogP contribution in [0.15, 0.2) is 66.7 Å². The van der Waals surface area contributed by atoms with Crippen molar-refractivity contribution < 1.29 is 23.5 Å². The van der Waals surface area contributed by atoms with Gasteiger partial charge in [-0.2, -0.15) is 0 Å². The molecule has 194 valence electrons. The van der Waals surface area contributed by atoms with Crippen LogP contribution < -0.4 is 9.47 Å². The molecule has 4 aromatic rings. The summed E-state index contributed by atoms with van der Waals surface area (Å²) in [7, 11) is 3.19. The van der Waals surface area contributed by atoms with E-state index in [0.29, 0.717) is 30.9 Å². The van der Waals surface area contributed by atoms with Gasteiger partial charge in [-0.3, -0.25) is 9.59 Å². The average Bonchev–Trinajstić information content (AvgIpc) is 3.32. The van der Waals surface area contributed by atoms with E-state index in [4.69, 9.17) is 9.47 Å². The Balaban J connectivity index is 1.42. The number of para-hydroxylation sites is 1. The third kappa shape index (κ3) is 3.97. The van der Waals surface area contributed by atoms with Crippen LogP contribution in [-0.4, -0.2) is 59.9 Å². The predicted molar refractivity (Wildman–Crippen MR) is 141 cm³/mol. The van der Waals surface area contributed by atoms with Crippen LogP contribution in [0.25, 0.3) is 10.9 Å². The highest BCUT2D eigenvalue weighted by atomic mass is 19.1. The number of hydrogen-bond acceptors (Lipinski definition) is 4. The van der Waals surface area contributed by atoms with Gasteiger partial charge in [0.05, 0.1) is 20.8 Å². The largest absolute Gasteiger partial charge is 0.497 e. The first-order valence-electron chi connectivity index (χ1n) is 12.6. The van der Waals surface area contributed by atoms with Crippen molar-refractivity contribution in [1.29, 1.82) is 0 Å². The van der Waals surface area contributed by atoms with Crippen molar-refractivity contribution in [2.24, 2.45) is 0 Å². The number of rotatable bonds is 6. The maximum atomic E-state index is 13.9. The Hall–Kier alpha value is -4.33. The number of nitrogens with zero attached hydrogens (tertiary/aromatic N) is 2. The molecule has 6 rings (SSSR count). The third-order valence-corrected chi connectivity index (χ3v) is 7.66. The second kappa shape index (κ2) is 9.52. The molecule has 2 aliphatic heterocycles. The molecule has 1 fully saturated rings. The van der Waals surface area contributed by atoms with Crippen molar-refractivity contribution in [2.75, 3.05) is 27.3 Å². The van der Waals surface area contributed by atoms with Crippen LogP contribution in [0.5, 0.6) is 11.5 Å². The maximum Gasteiger partial charge on any atom is 0.246 e. The molecule has 0 saturated carbocycles. The van der Waals surface area contributed by atoms with Gasteiger partial charge in [-0.05, 0) is 53.9 Å². The molecule has 1 saturated heterocycles. The van der Waals surface area contributed by atoms with Gasteiger partial charge in [-0.1, -0.05) is 30.3 Å². The van der Waals surface area contributed by atoms with Gasteiger partial charge in [0.2, 0.25) is 11.8 Å². The molecule has 0 radical (unpaired) electrons. The zero-order chi connectivity index (χ0) is 26.4. The molecule has 2 amide bonds. The number of aromatic nitrogens is 1. The first-order chi connectivity index (χ1) is 18.5. The second-order valence-electron chi connectivity index (χ2n) is 9.73. The van der Waals surface area contributed by atoms with E-state index >= 15 is 0 Å². The summed E-state index contributed by atoms with van der Waals surface area (Å²) in [6, 6.07) is 18.5. The van der Waals surface area contributed by atoms with Gasteiger partial charge in [0.1, 0.15) is 29.4 Å². The highest BCUT2D eigenvalue weighted by molar-refractivity contribution is 5.97. The van der Waals surface area contributed by atoms with Crippen molar-refractivity contribution in [1.82, 2.24) is 14.8 Å². The number of amides is 2. The molecule has 3 heterocycles. The van der Waals surface area contributed by atoms with Gasteiger partial charge in [0.15, 0.2) is 0 Å². The summed E-state index contributed by atoms with van der Waals surface area (Å²) in [4.78, 5) is 34.6. The van der Waals surface area contributed by atoms with Crippen LogP contribution in [0.3, 0.4) is 0 Å². The molecule has 0 bridgehead atoms. The van der Waals surface area contributed by atoms with Crippen LogP contribution in [-0.2, 0) is 22.4 Å². The fourth-order valence-electron chi connectivity index (χ4n) is 5.81. The number of fused-ring (bicyclic) bond motifs is 4. The number of ether oxygens (including phenoxy) is 2. The molecule has 2 aliphatic rings. The Kier molecular flexibility index (Phi) is 6.02. The number of methoxy groups -OCH3 is 2. The minimum absolute atomic E-state index is 0.0190. The fourth-order valence-corrected chi connectivity index (χ4v) is 5.81. The van der Waals surface area contributed by atoms with E-state index in [0.717, 1.165) is 33.3 Å². The number of benzene rings is 3. The van der Waals surface area contributed by atoms with Crippen LogP contribution in [0.4, 0.5) is 4.39 Å². The van der Waals surface area contributed by atoms with Crippen molar-refractivity contribution in [3.8, 4) is 11.5 Å². The molecule has 0 unspecified atom stereocenters. The Bertz CT molecular complexity index is 1530. The van der Waals surface area contributed by atoms with E-state index in [-0.39, 0.29) is 24.2 Å². The lowest BCUT2D eigenvalue weighted by molar-refractivity contribution is -0.158. The van der Waals surface area contributed by atoms with Crippen LogP contribution >= 0.6 is 0 Å². The standard InChI is InChI=1S/C30H28FN3O4/c1-37-20-11-12-26(38-2)23(15-20)29-28-22(21-5-3-4-6-24(21)32-28)16-25-30(36)33(17-27(35)34(25)29)14-13-18-7-9-19(31)10-8-18/h3-12,15,25,29,32H,13-14,16-17H2,1-2H3/t25-,29-/m0/s1. The molecule has 0 spiro atoms. The lowest BCUT2D eigenvalue weighted by Crippen LogP contribution is -2.63. The van der Waals surface area contributed by atoms with Gasteiger partial charge < -0.3 is 24.3 Å². The van der Waals surface area contributed by atoms with E-state index in [9.17, 15) is 14.0 Å². The van der Waals surface area contributed by atoms with Gasteiger partial charge in [-0.25, -0.2) is 4.39 Å². The van der Waals surface area contributed by atoms with Crippen LogP contribution in [0, 0.1) is 5.82 Å². The lowest BCUT2D eigenvalue weighted by Gasteiger charge is -2.47. The Morgan fingerprint density at radius 3 is 2.55 bits per heavy atom. The van der Waals surface area contributed by atoms with Crippen LogP contribution in [0.1, 0.15) is 28.4 Å². The lowest BCUT2D eigenvalue weighted by atomic mass is 9.85. The van der Waals surface area contributed by atoms with E-state index in [2.05, 4.69) is 4.98 Å². The summed E-state index contributed by atoms with van der Waals surface area (Å²) < 4.78 is 24.6. The van der Waals surface area contributed by atoms with Crippen LogP contribution in [0.2, 0.25) is 0 Å². The fraction of sp³-hybridized carbons (Fsp3) is 0.267. The minimum atomic E-state index is -0.655. The Labute approximate surface area is 219 Å². The zero-order valence-corrected chi connectivity index (χ0v) is 21.2. The second-order valence-corrected chi connectivity index (χ2v) is 9.73. The number of carbonyl (C=O) groups excluding carboxylic acids is 2. The predicted octanol–water partition coefficient (Wildman–Crippen LogP) is 4.25. The highest BCUT2D eigenvalue weighted by Crippen LogP contribution is 2.45. The molecule has 8 heteroatoms. The number of aromatic amines is 1. The number of halogens is 1. The average molecular weight is 514 g/mol. The van der Waals surface area contributed by atoms with Crippen molar-refractivity contribution in [3.63, 3.8) is 0 Å². The molecular formula is C30H28FN3O4. The third-order valence-electron chi connectivity index (χ3n) is 7.66. The van der Waals surface area contributed by atoms with Gasteiger partial charge in [0, 0.05) is 35.1 Å². The smallest absolute Gasteiger partial charge is 0.246 e. The molecular weight excluding hydrogens is 485 g/mol. The van der Waals surface area contributed by atoms with E-state index in [1.807, 2.05) is 42.5 Å². The number of nitrogens with one attached hydrogen (secondary N) is 1. The first-order valence-corrected chi connectivity index (χ1v) is 12.6. The van der Waals surface area contributed by atoms with Gasteiger partial charge in [-0.15, -0.1) is 0 Å². The van der Waals surface area contributed by atoms with Crippen molar-refractivity contribution in [2.45, 2.75) is 24.9 Å². The molecule has 1 aromatic heterocycles. The molecule has 3 aromatic carbocycles. The summed E-state index contributed by atoms with van der Waals surface area (Å²) in [6.07, 6.45) is 0.956. The quantitative estimate of drug-likeness (QED) is 0.418. The van der Waals surface area contributed by atoms with Gasteiger partial charge >= 0.3 is 0 Å². The Morgan fingerprint density at radius 2 is 1.79 bits per heavy atom. The molecule has 1 N–H and O–H groups in total. The first kappa shape index (κ1) is 24.0. The van der Waals surface area contributed by atoms with Crippen molar-refractivity contribution >= 4 is 22.7 Å². The molecule has 7 nitrogen and oxygen atoms in total. The van der Waals surface area contributed by atoms with E-state index in [1.165, 1.54) is 12.1 Å². The number of H-pyrrole nitrogens is 1. The summed E-state index contributed by atoms with van der Waals surface area (Å²) in [5.74, 6) is 0.726. The van der Waals surface area contributed by atoms with Gasteiger partial charge in [0.25, 0.3) is 0 Å². The normalized spacial score (nSPS) is 18.9. The Morgan fingerprint density at radius 1 is 1.00 bits per heavy atom. The highest BCUT2D eigenvalue weighted by Gasteiger charge is 2.48. The molecule has 0 aliphatic carbocycles. The molecule has 38 heavy (non-hydrogen) atoms. The van der Waals surface area contributed by atoms with E-state index < -0.39 is 12.1 Å². The summed E-state index contributed by atoms with van der Waals surface area (Å²) in [5.41, 5.74) is 4.53. The topological polar surface area (TPSA) is 74.9 Å². The maximum absolute atomic E-state index is 13.9. The number of hydrogen-bond donors (Lipinski definition) is 1. The van der Waals surface area contributed by atoms with E-state index in [1.54, 1.807) is 36.2 Å². The minimum Gasteiger partial charge on any atom is -0.497 e. The SMILES string of the molecule is COc1ccc(OC)c([C@H]2c3[nH]c4ccccc4c3C[C@H]3C(=O)N(CCc4ccc(F)cc4)CC(=O)N23)c1. The summed E-state index contributed by atoms with van der Waals surface area (Å²) in [6.45, 7) is 0.364. The summed E-state index contributed by atoms with van der Waals surface area (Å²) >= 11 is 0. The monoisotopic (exact) mass is 513 g/mol. The zero-order valence-electron chi connectivity index (χ0n) is 21.2. The summed E-state index contributed by atoms with van der Waals surface area (Å²) in [5, 5.41) is 1.04. The van der Waals surface area contributed by atoms with Crippen molar-refractivity contribution in [3.05, 3.63) is 94.9 Å². The number of carbonyl (C=O) groups is 2. The molecule has 2 atom stereocenters.